The summed E-state index contributed by atoms with van der Waals surface area (Å²) in [5.74, 6) is -6.68. The van der Waals surface area contributed by atoms with Gasteiger partial charge in [0.05, 0.1) is 0 Å². The van der Waals surface area contributed by atoms with E-state index in [1.807, 2.05) is 6.92 Å². The lowest BCUT2D eigenvalue weighted by molar-refractivity contribution is -0.163. The first kappa shape index (κ1) is 13.5. The van der Waals surface area contributed by atoms with E-state index < -0.39 is 18.3 Å². The molecule has 0 radical (unpaired) electrons. The molecule has 0 fully saturated rings. The van der Waals surface area contributed by atoms with Gasteiger partial charge in [-0.05, 0) is 24.1 Å². The number of nitrogens with one attached hydrogen (secondary N) is 1. The van der Waals surface area contributed by atoms with Crippen LogP contribution in [0.5, 0.6) is 0 Å². The molecule has 1 aromatic rings. The third-order valence-corrected chi connectivity index (χ3v) is 2.17. The highest BCUT2D eigenvalue weighted by Crippen LogP contribution is 2.24. The Balaban J connectivity index is 2.81. The number of carbonyl (C=O) groups is 1. The van der Waals surface area contributed by atoms with Crippen molar-refractivity contribution in [2.24, 2.45) is 0 Å². The summed E-state index contributed by atoms with van der Waals surface area (Å²) in [4.78, 5) is 10.9. The minimum absolute atomic E-state index is 0.0784. The Morgan fingerprint density at radius 1 is 1.41 bits per heavy atom. The summed E-state index contributed by atoms with van der Waals surface area (Å²) in [6, 6.07) is 6.11. The molecule has 0 bridgehead atoms. The Morgan fingerprint density at radius 2 is 2.06 bits per heavy atom. The number of hydrogen-bond donors (Lipinski definition) is 1. The number of carbonyl (C=O) groups excluding carboxylic acids is 1. The van der Waals surface area contributed by atoms with Gasteiger partial charge in [0.1, 0.15) is 0 Å². The van der Waals surface area contributed by atoms with Crippen molar-refractivity contribution in [1.82, 2.24) is 0 Å². The Hall–Kier alpha value is -1.59. The van der Waals surface area contributed by atoms with Crippen LogP contribution in [0.4, 0.5) is 23.2 Å². The fourth-order valence-electron chi connectivity index (χ4n) is 1.18. The highest BCUT2D eigenvalue weighted by Gasteiger charge is 2.48. The Morgan fingerprint density at radius 3 is 2.59 bits per heavy atom. The SMILES string of the molecule is CCc1cccc(NC(=O)C(F)(F)C(F)F)c1. The molecule has 1 rings (SSSR count). The van der Waals surface area contributed by atoms with E-state index in [4.69, 9.17) is 0 Å². The minimum Gasteiger partial charge on any atom is -0.321 e. The summed E-state index contributed by atoms with van der Waals surface area (Å²) in [7, 11) is 0. The number of hydrogen-bond acceptors (Lipinski definition) is 1. The molecule has 0 aliphatic heterocycles. The number of anilines is 1. The van der Waals surface area contributed by atoms with Gasteiger partial charge in [0.15, 0.2) is 0 Å². The smallest absolute Gasteiger partial charge is 0.321 e. The molecule has 0 atom stereocenters. The molecule has 0 saturated carbocycles. The fourth-order valence-corrected chi connectivity index (χ4v) is 1.18. The van der Waals surface area contributed by atoms with Gasteiger partial charge in [-0.1, -0.05) is 19.1 Å². The molecule has 0 unspecified atom stereocenters. The monoisotopic (exact) mass is 249 g/mol. The second-order valence-corrected chi connectivity index (χ2v) is 3.43. The van der Waals surface area contributed by atoms with E-state index in [9.17, 15) is 22.4 Å². The van der Waals surface area contributed by atoms with Crippen molar-refractivity contribution in [1.29, 1.82) is 0 Å². The molecule has 0 aromatic heterocycles. The van der Waals surface area contributed by atoms with Gasteiger partial charge in [-0.25, -0.2) is 8.78 Å². The molecule has 1 amide bonds. The summed E-state index contributed by atoms with van der Waals surface area (Å²) in [5.41, 5.74) is 0.887. The molecule has 0 aliphatic rings. The molecular formula is C11H11F4NO. The summed E-state index contributed by atoms with van der Waals surface area (Å²) in [5, 5.41) is 1.77. The van der Waals surface area contributed by atoms with Crippen molar-refractivity contribution >= 4 is 11.6 Å². The van der Waals surface area contributed by atoms with Gasteiger partial charge in [0, 0.05) is 5.69 Å². The Labute approximate surface area is 95.6 Å². The first-order valence-electron chi connectivity index (χ1n) is 4.94. The second-order valence-electron chi connectivity index (χ2n) is 3.43. The predicted molar refractivity (Wildman–Crippen MR) is 55.4 cm³/mol. The van der Waals surface area contributed by atoms with Crippen molar-refractivity contribution in [2.45, 2.75) is 25.7 Å². The van der Waals surface area contributed by atoms with Crippen LogP contribution in [0.25, 0.3) is 0 Å². The molecular weight excluding hydrogens is 238 g/mol. The zero-order chi connectivity index (χ0) is 13.1. The zero-order valence-corrected chi connectivity index (χ0v) is 9.01. The van der Waals surface area contributed by atoms with Gasteiger partial charge < -0.3 is 5.32 Å². The summed E-state index contributed by atoms with van der Waals surface area (Å²) >= 11 is 0. The third-order valence-electron chi connectivity index (χ3n) is 2.17. The average molecular weight is 249 g/mol. The van der Waals surface area contributed by atoms with Gasteiger partial charge in [-0.2, -0.15) is 8.78 Å². The van der Waals surface area contributed by atoms with Crippen molar-refractivity contribution in [3.05, 3.63) is 29.8 Å². The summed E-state index contributed by atoms with van der Waals surface area (Å²) in [6.07, 6.45) is -3.37. The van der Waals surface area contributed by atoms with Crippen LogP contribution in [0.2, 0.25) is 0 Å². The average Bonchev–Trinajstić information content (AvgIpc) is 2.29. The van der Waals surface area contributed by atoms with Crippen LogP contribution in [0, 0.1) is 0 Å². The molecule has 0 spiro atoms. The van der Waals surface area contributed by atoms with E-state index in [0.717, 1.165) is 5.56 Å². The first-order chi connectivity index (χ1) is 7.87. The van der Waals surface area contributed by atoms with E-state index in [-0.39, 0.29) is 5.69 Å². The largest absolute Gasteiger partial charge is 0.383 e. The number of alkyl halides is 4. The lowest BCUT2D eigenvalue weighted by Gasteiger charge is -2.15. The van der Waals surface area contributed by atoms with Gasteiger partial charge in [-0.3, -0.25) is 4.79 Å². The van der Waals surface area contributed by atoms with Crippen molar-refractivity contribution < 1.29 is 22.4 Å². The van der Waals surface area contributed by atoms with Crippen molar-refractivity contribution in [3.63, 3.8) is 0 Å². The van der Waals surface area contributed by atoms with Crippen molar-refractivity contribution in [3.8, 4) is 0 Å². The quantitative estimate of drug-likeness (QED) is 0.816. The van der Waals surface area contributed by atoms with Crippen molar-refractivity contribution in [2.75, 3.05) is 5.32 Å². The number of halogens is 4. The van der Waals surface area contributed by atoms with Crippen LogP contribution < -0.4 is 5.32 Å². The van der Waals surface area contributed by atoms with Gasteiger partial charge in [-0.15, -0.1) is 0 Å². The van der Waals surface area contributed by atoms with Crippen LogP contribution in [0.15, 0.2) is 24.3 Å². The van der Waals surface area contributed by atoms with Gasteiger partial charge in [0.2, 0.25) is 0 Å². The predicted octanol–water partition coefficient (Wildman–Crippen LogP) is 3.09. The maximum Gasteiger partial charge on any atom is 0.383 e. The second kappa shape index (κ2) is 5.16. The summed E-state index contributed by atoms with van der Waals surface area (Å²) < 4.78 is 49.1. The molecule has 17 heavy (non-hydrogen) atoms. The number of amides is 1. The lowest BCUT2D eigenvalue weighted by atomic mass is 10.1. The molecule has 0 heterocycles. The number of rotatable bonds is 4. The third kappa shape index (κ3) is 3.18. The molecule has 0 aliphatic carbocycles. The Kier molecular flexibility index (Phi) is 4.09. The van der Waals surface area contributed by atoms with Gasteiger partial charge >= 0.3 is 18.3 Å². The van der Waals surface area contributed by atoms with Gasteiger partial charge in [0.25, 0.3) is 0 Å². The molecule has 0 saturated heterocycles. The lowest BCUT2D eigenvalue weighted by Crippen LogP contribution is -2.40. The topological polar surface area (TPSA) is 29.1 Å². The zero-order valence-electron chi connectivity index (χ0n) is 9.01. The number of benzene rings is 1. The Bertz CT molecular complexity index is 406. The molecule has 2 nitrogen and oxygen atoms in total. The molecule has 94 valence electrons. The van der Waals surface area contributed by atoms with E-state index >= 15 is 0 Å². The maximum absolute atomic E-state index is 12.6. The molecule has 6 heteroatoms. The summed E-state index contributed by atoms with van der Waals surface area (Å²) in [6.45, 7) is 1.84. The van der Waals surface area contributed by atoms with Crippen LogP contribution in [-0.4, -0.2) is 18.3 Å². The first-order valence-corrected chi connectivity index (χ1v) is 4.94. The van der Waals surface area contributed by atoms with E-state index in [1.54, 1.807) is 17.4 Å². The van der Waals surface area contributed by atoms with Crippen LogP contribution in [-0.2, 0) is 11.2 Å². The van der Waals surface area contributed by atoms with Crippen LogP contribution >= 0.6 is 0 Å². The minimum atomic E-state index is -4.68. The highest BCUT2D eigenvalue weighted by atomic mass is 19.3. The molecule has 1 aromatic carbocycles. The molecule has 1 N–H and O–H groups in total. The standard InChI is InChI=1S/C11H11F4NO/c1-2-7-4-3-5-8(6-7)16-10(17)11(14,15)9(12)13/h3-6,9H,2H2,1H3,(H,16,17). The number of aryl methyl sites for hydroxylation is 1. The van der Waals surface area contributed by atoms with E-state index in [2.05, 4.69) is 0 Å². The van der Waals surface area contributed by atoms with Crippen LogP contribution in [0.3, 0.4) is 0 Å². The van der Waals surface area contributed by atoms with E-state index in [1.165, 1.54) is 12.1 Å². The highest BCUT2D eigenvalue weighted by molar-refractivity contribution is 5.96. The normalized spacial score (nSPS) is 11.6. The van der Waals surface area contributed by atoms with Crippen LogP contribution in [0.1, 0.15) is 12.5 Å². The maximum atomic E-state index is 12.6. The van der Waals surface area contributed by atoms with E-state index in [0.29, 0.717) is 6.42 Å². The fraction of sp³-hybridized carbons (Fsp3) is 0.364.